The molecule has 12 heavy (non-hydrogen) atoms. The Balaban J connectivity index is 3.52. The monoisotopic (exact) mass is 173 g/mol. The number of nitrogens with zero attached hydrogens (tertiary/aromatic N) is 1. The largest absolute Gasteiger partial charge is 0.316 e. The van der Waals surface area contributed by atoms with E-state index >= 15 is 0 Å². The fourth-order valence-corrected chi connectivity index (χ4v) is 1.21. The second-order valence-corrected chi connectivity index (χ2v) is 2.95. The summed E-state index contributed by atoms with van der Waals surface area (Å²) < 4.78 is 0. The predicted molar refractivity (Wildman–Crippen MR) is 54.3 cm³/mol. The van der Waals surface area contributed by atoms with Crippen LogP contribution in [0.25, 0.3) is 0 Å². The minimum absolute atomic E-state index is 0.480. The van der Waals surface area contributed by atoms with Gasteiger partial charge in [-0.2, -0.15) is 0 Å². The van der Waals surface area contributed by atoms with E-state index in [4.69, 9.17) is 0 Å². The van der Waals surface area contributed by atoms with Crippen LogP contribution in [0, 0.1) is 0 Å². The molecule has 0 fully saturated rings. The molecule has 0 aromatic carbocycles. The molecule has 0 bridgehead atoms. The number of rotatable bonds is 7. The molecule has 0 aromatic heterocycles. The third-order valence-corrected chi connectivity index (χ3v) is 2.20. The molecule has 0 saturated heterocycles. The van der Waals surface area contributed by atoms with Gasteiger partial charge < -0.3 is 10.6 Å². The molecule has 1 atom stereocenters. The first kappa shape index (κ1) is 11.9. The van der Waals surface area contributed by atoms with Gasteiger partial charge in [0.15, 0.2) is 0 Å². The smallest absolute Gasteiger partial charge is 0.0565 e. The molecule has 2 N–H and O–H groups in total. The topological polar surface area (TPSA) is 27.3 Å². The van der Waals surface area contributed by atoms with Crippen LogP contribution in [0.2, 0.25) is 0 Å². The van der Waals surface area contributed by atoms with Crippen LogP contribution >= 0.6 is 0 Å². The summed E-state index contributed by atoms with van der Waals surface area (Å²) in [6.45, 7) is 10.9. The third-order valence-electron chi connectivity index (χ3n) is 2.20. The summed E-state index contributed by atoms with van der Waals surface area (Å²) in [7, 11) is 2.00. The van der Waals surface area contributed by atoms with Gasteiger partial charge in [0.2, 0.25) is 0 Å². The van der Waals surface area contributed by atoms with Gasteiger partial charge in [-0.25, -0.2) is 0 Å². The van der Waals surface area contributed by atoms with Crippen LogP contribution in [-0.2, 0) is 0 Å². The average molecular weight is 173 g/mol. The maximum Gasteiger partial charge on any atom is 0.0565 e. The molecule has 1 unspecified atom stereocenters. The molecular weight excluding hydrogens is 150 g/mol. The number of hydrogen-bond acceptors (Lipinski definition) is 3. The lowest BCUT2D eigenvalue weighted by Gasteiger charge is -2.27. The Labute approximate surface area is 76.5 Å². The molecule has 0 aliphatic heterocycles. The second-order valence-electron chi connectivity index (χ2n) is 2.95. The van der Waals surface area contributed by atoms with E-state index in [2.05, 4.69) is 36.3 Å². The summed E-state index contributed by atoms with van der Waals surface area (Å²) in [5, 5.41) is 6.56. The van der Waals surface area contributed by atoms with Crippen LogP contribution in [0.5, 0.6) is 0 Å². The Morgan fingerprint density at radius 2 is 2.00 bits per heavy atom. The van der Waals surface area contributed by atoms with Crippen molar-refractivity contribution in [1.82, 2.24) is 15.5 Å². The third kappa shape index (κ3) is 4.70. The normalized spacial score (nSPS) is 13.8. The minimum Gasteiger partial charge on any atom is -0.316 e. The summed E-state index contributed by atoms with van der Waals surface area (Å²) in [6.07, 6.45) is 0.480. The van der Waals surface area contributed by atoms with E-state index in [-0.39, 0.29) is 0 Å². The Morgan fingerprint density at radius 3 is 2.42 bits per heavy atom. The molecule has 3 heteroatoms. The van der Waals surface area contributed by atoms with Crippen molar-refractivity contribution in [2.24, 2.45) is 0 Å². The van der Waals surface area contributed by atoms with Crippen molar-refractivity contribution in [2.45, 2.75) is 26.9 Å². The van der Waals surface area contributed by atoms with Crippen LogP contribution in [0.3, 0.4) is 0 Å². The van der Waals surface area contributed by atoms with E-state index in [0.29, 0.717) is 6.17 Å². The van der Waals surface area contributed by atoms with Crippen LogP contribution in [0.4, 0.5) is 0 Å². The Kier molecular flexibility index (Phi) is 7.45. The predicted octanol–water partition coefficient (Wildman–Crippen LogP) is 0.483. The van der Waals surface area contributed by atoms with E-state index in [9.17, 15) is 0 Å². The Hall–Kier alpha value is -0.120. The summed E-state index contributed by atoms with van der Waals surface area (Å²) >= 11 is 0. The van der Waals surface area contributed by atoms with Crippen molar-refractivity contribution in [1.29, 1.82) is 0 Å². The number of likely N-dealkylation sites (N-methyl/N-ethyl adjacent to an activating group) is 2. The zero-order chi connectivity index (χ0) is 9.40. The van der Waals surface area contributed by atoms with Gasteiger partial charge in [0.25, 0.3) is 0 Å². The zero-order valence-electron chi connectivity index (χ0n) is 8.85. The summed E-state index contributed by atoms with van der Waals surface area (Å²) in [4.78, 5) is 2.41. The maximum atomic E-state index is 3.32. The molecule has 0 amide bonds. The molecule has 0 radical (unpaired) electrons. The maximum absolute atomic E-state index is 3.32. The van der Waals surface area contributed by atoms with Gasteiger partial charge in [-0.15, -0.1) is 0 Å². The first-order chi connectivity index (χ1) is 5.76. The summed E-state index contributed by atoms with van der Waals surface area (Å²) in [6, 6.07) is 0. The van der Waals surface area contributed by atoms with Gasteiger partial charge >= 0.3 is 0 Å². The van der Waals surface area contributed by atoms with Crippen LogP contribution in [0.15, 0.2) is 0 Å². The van der Waals surface area contributed by atoms with Crippen molar-refractivity contribution in [2.75, 3.05) is 33.2 Å². The van der Waals surface area contributed by atoms with E-state index < -0.39 is 0 Å². The van der Waals surface area contributed by atoms with Crippen molar-refractivity contribution in [3.8, 4) is 0 Å². The Morgan fingerprint density at radius 1 is 1.33 bits per heavy atom. The molecule has 74 valence electrons. The van der Waals surface area contributed by atoms with Crippen LogP contribution in [-0.4, -0.2) is 44.3 Å². The second kappa shape index (κ2) is 7.53. The van der Waals surface area contributed by atoms with E-state index in [1.807, 2.05) is 7.05 Å². The first-order valence-corrected chi connectivity index (χ1v) is 4.88. The molecule has 3 nitrogen and oxygen atoms in total. The number of hydrogen-bond donors (Lipinski definition) is 2. The van der Waals surface area contributed by atoms with Crippen molar-refractivity contribution in [3.63, 3.8) is 0 Å². The van der Waals surface area contributed by atoms with E-state index in [1.165, 1.54) is 0 Å². The average Bonchev–Trinajstić information content (AvgIpc) is 2.11. The van der Waals surface area contributed by atoms with Gasteiger partial charge in [0.05, 0.1) is 6.17 Å². The lowest BCUT2D eigenvalue weighted by Crippen LogP contribution is -2.44. The molecular formula is C9H23N3. The van der Waals surface area contributed by atoms with E-state index in [1.54, 1.807) is 0 Å². The molecule has 0 aliphatic carbocycles. The SMILES string of the molecule is CCNCCN(CC)C(C)NC. The number of nitrogens with one attached hydrogen (secondary N) is 2. The van der Waals surface area contributed by atoms with Gasteiger partial charge in [0, 0.05) is 13.1 Å². The van der Waals surface area contributed by atoms with E-state index in [0.717, 1.165) is 26.2 Å². The minimum atomic E-state index is 0.480. The van der Waals surface area contributed by atoms with Gasteiger partial charge in [-0.3, -0.25) is 4.90 Å². The highest BCUT2D eigenvalue weighted by Gasteiger charge is 2.07. The lowest BCUT2D eigenvalue weighted by atomic mass is 10.4. The highest BCUT2D eigenvalue weighted by molar-refractivity contribution is 4.62. The quantitative estimate of drug-likeness (QED) is 0.433. The van der Waals surface area contributed by atoms with Gasteiger partial charge in [0.1, 0.15) is 0 Å². The van der Waals surface area contributed by atoms with Crippen LogP contribution in [0.1, 0.15) is 20.8 Å². The van der Waals surface area contributed by atoms with Crippen molar-refractivity contribution in [3.05, 3.63) is 0 Å². The molecule has 0 heterocycles. The fraction of sp³-hybridized carbons (Fsp3) is 1.00. The fourth-order valence-electron chi connectivity index (χ4n) is 1.21. The van der Waals surface area contributed by atoms with Crippen molar-refractivity contribution < 1.29 is 0 Å². The summed E-state index contributed by atoms with van der Waals surface area (Å²) in [5.41, 5.74) is 0. The first-order valence-electron chi connectivity index (χ1n) is 4.88. The molecule has 0 saturated carbocycles. The molecule has 0 spiro atoms. The van der Waals surface area contributed by atoms with Gasteiger partial charge in [-0.05, 0) is 27.1 Å². The lowest BCUT2D eigenvalue weighted by molar-refractivity contribution is 0.197. The molecule has 0 rings (SSSR count). The van der Waals surface area contributed by atoms with Crippen LogP contribution < -0.4 is 10.6 Å². The highest BCUT2D eigenvalue weighted by atomic mass is 15.3. The standard InChI is InChI=1S/C9H23N3/c1-5-11-7-8-12(6-2)9(3)10-4/h9-11H,5-8H2,1-4H3. The van der Waals surface area contributed by atoms with Gasteiger partial charge in [-0.1, -0.05) is 13.8 Å². The Bertz CT molecular complexity index is 95.8. The molecule has 0 aliphatic rings. The van der Waals surface area contributed by atoms with Crippen molar-refractivity contribution >= 4 is 0 Å². The highest BCUT2D eigenvalue weighted by Crippen LogP contribution is 1.92. The zero-order valence-corrected chi connectivity index (χ0v) is 8.85. The summed E-state index contributed by atoms with van der Waals surface area (Å²) in [5.74, 6) is 0. The molecule has 0 aromatic rings.